The van der Waals surface area contributed by atoms with Gasteiger partial charge in [0.1, 0.15) is 13.2 Å². The number of amides is 1. The Hall–Kier alpha value is -1.80. The number of carbonyl (C=O) groups is 1. The van der Waals surface area contributed by atoms with Crippen LogP contribution in [0.3, 0.4) is 0 Å². The number of unbranched alkanes of at least 4 members (excludes halogenated alkanes) is 30. The highest BCUT2D eigenvalue weighted by atomic mass is 31.2. The van der Waals surface area contributed by atoms with Crippen molar-refractivity contribution in [2.24, 2.45) is 0 Å². The van der Waals surface area contributed by atoms with E-state index in [1.807, 2.05) is 27.2 Å². The van der Waals surface area contributed by atoms with Crippen molar-refractivity contribution in [2.75, 3.05) is 40.9 Å². The highest BCUT2D eigenvalue weighted by molar-refractivity contribution is 7.45. The minimum Gasteiger partial charge on any atom is -0.756 e. The van der Waals surface area contributed by atoms with Gasteiger partial charge in [-0.2, -0.15) is 0 Å². The SMILES string of the molecule is CC/C=C\C/C=C\C/C=C\C/C=C\CCCCCCCCCCCCCCCCCCCCC(=O)NC(COP(=O)([O-])OCC[N+](C)(C)C)C(O)/C=C/CCCCCCCCCCCCCC. The van der Waals surface area contributed by atoms with Gasteiger partial charge in [-0.25, -0.2) is 0 Å². The van der Waals surface area contributed by atoms with Gasteiger partial charge in [0.15, 0.2) is 0 Å². The molecule has 1 amide bonds. The van der Waals surface area contributed by atoms with Gasteiger partial charge in [0.2, 0.25) is 5.91 Å². The Kier molecular flexibility index (Phi) is 47.9. The van der Waals surface area contributed by atoms with Crippen molar-refractivity contribution in [2.45, 2.75) is 264 Å². The summed E-state index contributed by atoms with van der Waals surface area (Å²) in [5.41, 5.74) is 0. The quantitative estimate of drug-likeness (QED) is 0.0272. The molecule has 0 aliphatic carbocycles. The van der Waals surface area contributed by atoms with Crippen molar-refractivity contribution in [3.05, 3.63) is 60.8 Å². The molecule has 9 heteroatoms. The van der Waals surface area contributed by atoms with Gasteiger partial charge < -0.3 is 28.8 Å². The summed E-state index contributed by atoms with van der Waals surface area (Å²) in [6, 6.07) is -0.886. The second-order valence-corrected chi connectivity index (χ2v) is 21.7. The molecule has 0 aromatic carbocycles. The second-order valence-electron chi connectivity index (χ2n) is 20.3. The molecule has 8 nitrogen and oxygen atoms in total. The van der Waals surface area contributed by atoms with Crippen molar-refractivity contribution < 1.29 is 32.9 Å². The van der Waals surface area contributed by atoms with Gasteiger partial charge in [-0.1, -0.05) is 248 Å². The van der Waals surface area contributed by atoms with E-state index in [4.69, 9.17) is 9.05 Å². The summed E-state index contributed by atoms with van der Waals surface area (Å²) in [5, 5.41) is 13.8. The lowest BCUT2D eigenvalue weighted by molar-refractivity contribution is -0.870. The number of quaternary nitrogens is 1. The number of rotatable bonds is 51. The first-order valence-corrected chi connectivity index (χ1v) is 29.6. The number of allylic oxidation sites excluding steroid dienone is 9. The number of likely N-dealkylation sites (N-methyl/N-ethyl adjacent to an activating group) is 1. The third-order valence-corrected chi connectivity index (χ3v) is 13.4. The van der Waals surface area contributed by atoms with Crippen LogP contribution >= 0.6 is 7.82 Å². The maximum atomic E-state index is 12.9. The predicted octanol–water partition coefficient (Wildman–Crippen LogP) is 16.3. The van der Waals surface area contributed by atoms with E-state index in [0.29, 0.717) is 17.4 Å². The highest BCUT2D eigenvalue weighted by Gasteiger charge is 2.23. The van der Waals surface area contributed by atoms with Crippen molar-refractivity contribution in [3.8, 4) is 0 Å². The van der Waals surface area contributed by atoms with Gasteiger partial charge in [-0.15, -0.1) is 0 Å². The Morgan fingerprint density at radius 3 is 1.33 bits per heavy atom. The molecule has 0 spiro atoms. The molecular weight excluding hydrogens is 852 g/mol. The molecule has 0 rings (SSSR count). The van der Waals surface area contributed by atoms with E-state index in [1.165, 1.54) is 167 Å². The molecule has 0 aromatic heterocycles. The van der Waals surface area contributed by atoms with E-state index >= 15 is 0 Å². The summed E-state index contributed by atoms with van der Waals surface area (Å²) in [5.74, 6) is -0.196. The molecule has 0 aromatic rings. The average Bonchev–Trinajstić information content (AvgIpc) is 3.29. The molecule has 0 bridgehead atoms. The number of aliphatic hydroxyl groups is 1. The van der Waals surface area contributed by atoms with Crippen LogP contribution in [0.5, 0.6) is 0 Å². The van der Waals surface area contributed by atoms with E-state index in [0.717, 1.165) is 64.2 Å². The summed E-state index contributed by atoms with van der Waals surface area (Å²) < 4.78 is 23.3. The number of aliphatic hydroxyl groups excluding tert-OH is 1. The monoisotopic (exact) mass is 961 g/mol. The molecule has 3 unspecified atom stereocenters. The molecule has 3 atom stereocenters. The van der Waals surface area contributed by atoms with E-state index in [1.54, 1.807) is 6.08 Å². The third-order valence-electron chi connectivity index (χ3n) is 12.5. The summed E-state index contributed by atoms with van der Waals surface area (Å²) in [6.45, 7) is 4.55. The molecule has 0 aliphatic rings. The topological polar surface area (TPSA) is 108 Å². The second kappa shape index (κ2) is 49.2. The maximum absolute atomic E-state index is 12.9. The molecule has 2 N–H and O–H groups in total. The fraction of sp³-hybridized carbons (Fsp3) is 0.810. The first kappa shape index (κ1) is 65.2. The van der Waals surface area contributed by atoms with Gasteiger partial charge in [0.25, 0.3) is 7.82 Å². The highest BCUT2D eigenvalue weighted by Crippen LogP contribution is 2.38. The lowest BCUT2D eigenvalue weighted by Gasteiger charge is -2.29. The maximum Gasteiger partial charge on any atom is 0.268 e. The number of carbonyl (C=O) groups excluding carboxylic acids is 1. The zero-order valence-electron chi connectivity index (χ0n) is 44.6. The fourth-order valence-electron chi connectivity index (χ4n) is 8.09. The van der Waals surface area contributed by atoms with Crippen LogP contribution in [0.15, 0.2) is 60.8 Å². The molecule has 0 fully saturated rings. The standard InChI is InChI=1S/C58H109N2O6P/c1-6-8-10-12-14-16-18-20-22-23-24-25-26-27-28-29-30-31-32-33-34-35-36-37-38-40-42-44-46-48-50-52-58(62)59-56(55-66-67(63,64)65-54-53-60(3,4)5)57(61)51-49-47-45-43-41-39-21-19-17-15-13-11-9-7-2/h8,10,14,16,20,22,24-25,49,51,56-57,61H,6-7,9,11-13,15,17-19,21,23,26-48,50,52-55H2,1-5H3,(H-,59,62,63,64)/b10-8-,16-14-,22-20-,25-24-,51-49+. The average molecular weight is 961 g/mol. The van der Waals surface area contributed by atoms with Gasteiger partial charge in [0.05, 0.1) is 39.9 Å². The van der Waals surface area contributed by atoms with E-state index in [9.17, 15) is 19.4 Å². The van der Waals surface area contributed by atoms with Gasteiger partial charge in [-0.3, -0.25) is 9.36 Å². The molecule has 67 heavy (non-hydrogen) atoms. The van der Waals surface area contributed by atoms with Gasteiger partial charge >= 0.3 is 0 Å². The van der Waals surface area contributed by atoms with Crippen LogP contribution in [-0.4, -0.2) is 68.5 Å². The molecule has 0 radical (unpaired) electrons. The van der Waals surface area contributed by atoms with Crippen molar-refractivity contribution in [1.29, 1.82) is 0 Å². The number of nitrogens with zero attached hydrogens (tertiary/aromatic N) is 1. The molecule has 392 valence electrons. The van der Waals surface area contributed by atoms with E-state index in [-0.39, 0.29) is 19.1 Å². The lowest BCUT2D eigenvalue weighted by Crippen LogP contribution is -2.45. The summed E-state index contributed by atoms with van der Waals surface area (Å²) in [6.07, 6.45) is 65.8. The van der Waals surface area contributed by atoms with Crippen molar-refractivity contribution in [1.82, 2.24) is 5.32 Å². The zero-order valence-corrected chi connectivity index (χ0v) is 45.5. The number of nitrogens with one attached hydrogen (secondary N) is 1. The van der Waals surface area contributed by atoms with Crippen LogP contribution in [0, 0.1) is 0 Å². The molecular formula is C58H109N2O6P. The van der Waals surface area contributed by atoms with Crippen LogP contribution in [0.25, 0.3) is 0 Å². The molecule has 0 aliphatic heterocycles. The van der Waals surface area contributed by atoms with E-state index < -0.39 is 20.0 Å². The summed E-state index contributed by atoms with van der Waals surface area (Å²) >= 11 is 0. The third kappa shape index (κ3) is 51.9. The first-order chi connectivity index (χ1) is 32.5. The van der Waals surface area contributed by atoms with E-state index in [2.05, 4.69) is 67.8 Å². The van der Waals surface area contributed by atoms with Gasteiger partial charge in [0, 0.05) is 6.42 Å². The molecule has 0 saturated heterocycles. The van der Waals surface area contributed by atoms with Crippen molar-refractivity contribution >= 4 is 13.7 Å². The fourth-order valence-corrected chi connectivity index (χ4v) is 8.81. The molecule has 0 saturated carbocycles. The Bertz CT molecular complexity index is 1270. The minimum absolute atomic E-state index is 0.00108. The minimum atomic E-state index is -4.59. The van der Waals surface area contributed by atoms with Crippen LogP contribution in [0.4, 0.5) is 0 Å². The van der Waals surface area contributed by atoms with Gasteiger partial charge in [-0.05, 0) is 57.8 Å². The number of hydrogen-bond donors (Lipinski definition) is 2. The number of hydrogen-bond acceptors (Lipinski definition) is 6. The van der Waals surface area contributed by atoms with Crippen LogP contribution in [0.2, 0.25) is 0 Å². The summed E-state index contributed by atoms with van der Waals surface area (Å²) in [7, 11) is 1.26. The Labute approximate surface area is 415 Å². The van der Waals surface area contributed by atoms with Crippen LogP contribution in [0.1, 0.15) is 251 Å². The number of phosphoric ester groups is 1. The normalized spacial score (nSPS) is 14.4. The summed E-state index contributed by atoms with van der Waals surface area (Å²) in [4.78, 5) is 25.4. The number of phosphoric acid groups is 1. The van der Waals surface area contributed by atoms with Crippen LogP contribution < -0.4 is 10.2 Å². The Morgan fingerprint density at radius 1 is 0.537 bits per heavy atom. The smallest absolute Gasteiger partial charge is 0.268 e. The lowest BCUT2D eigenvalue weighted by atomic mass is 10.0. The Balaban J connectivity index is 4.07. The molecule has 0 heterocycles. The van der Waals surface area contributed by atoms with Crippen molar-refractivity contribution in [3.63, 3.8) is 0 Å². The largest absolute Gasteiger partial charge is 0.756 e. The zero-order chi connectivity index (χ0) is 49.2. The predicted molar refractivity (Wildman–Crippen MR) is 288 cm³/mol. The first-order valence-electron chi connectivity index (χ1n) is 28.2. The Morgan fingerprint density at radius 2 is 0.910 bits per heavy atom. The van der Waals surface area contributed by atoms with Crippen LogP contribution in [-0.2, 0) is 18.4 Å².